The molecule has 3 aromatic rings. The van der Waals surface area contributed by atoms with Gasteiger partial charge in [-0.15, -0.1) is 0 Å². The molecule has 2 fully saturated rings. The van der Waals surface area contributed by atoms with E-state index >= 15 is 0 Å². The van der Waals surface area contributed by atoms with Crippen LogP contribution in [0.15, 0.2) is 30.6 Å². The number of imidazole rings is 1. The van der Waals surface area contributed by atoms with E-state index in [1.807, 2.05) is 0 Å². The summed E-state index contributed by atoms with van der Waals surface area (Å²) in [6.45, 7) is 9.51. The maximum Gasteiger partial charge on any atom is 0.225 e. The molecule has 5 heterocycles. The Hall–Kier alpha value is -3.16. The van der Waals surface area contributed by atoms with Crippen LogP contribution in [0.5, 0.6) is 0 Å². The second-order valence-corrected chi connectivity index (χ2v) is 10.8. The first-order valence-electron chi connectivity index (χ1n) is 13.7. The van der Waals surface area contributed by atoms with E-state index in [1.54, 1.807) is 6.33 Å². The summed E-state index contributed by atoms with van der Waals surface area (Å²) in [5.74, 6) is 2.50. The molecule has 0 unspecified atom stereocenters. The number of nitrogens with zero attached hydrogens (tertiary/aromatic N) is 7. The number of rotatable bonds is 3. The number of piperidine rings is 1. The van der Waals surface area contributed by atoms with Gasteiger partial charge in [0.2, 0.25) is 5.91 Å². The molecule has 3 aliphatic heterocycles. The van der Waals surface area contributed by atoms with Gasteiger partial charge in [0.05, 0.1) is 0 Å². The molecule has 190 valence electrons. The third-order valence-electron chi connectivity index (χ3n) is 8.29. The van der Waals surface area contributed by atoms with Crippen LogP contribution in [0.25, 0.3) is 11.2 Å². The van der Waals surface area contributed by atoms with Gasteiger partial charge >= 0.3 is 0 Å². The van der Waals surface area contributed by atoms with Crippen LogP contribution in [0, 0.1) is 12.8 Å². The molecule has 0 radical (unpaired) electrons. The van der Waals surface area contributed by atoms with Gasteiger partial charge in [-0.3, -0.25) is 4.79 Å². The summed E-state index contributed by atoms with van der Waals surface area (Å²) in [5, 5.41) is 0. The van der Waals surface area contributed by atoms with E-state index in [0.29, 0.717) is 11.9 Å². The second kappa shape index (κ2) is 9.71. The molecule has 1 aromatic carbocycles. The van der Waals surface area contributed by atoms with Crippen LogP contribution in [0.2, 0.25) is 0 Å². The van der Waals surface area contributed by atoms with E-state index in [9.17, 15) is 4.79 Å². The van der Waals surface area contributed by atoms with Crippen molar-refractivity contribution in [3.8, 4) is 0 Å². The standard InChI is InChI=1S/C28H37N7O/c1-20-7-6-8-23(17-20)34-16-15-33(18-21(34)2)28(36)22-10-13-32(14-11-22)26-25-27(30-19-29-26)35-12-5-3-4-9-24(35)31-25/h6-8,17,19,21-22H,3-5,9-16,18H2,1-2H3/t21-/m1/s1. The minimum atomic E-state index is 0.0926. The maximum atomic E-state index is 13.5. The monoisotopic (exact) mass is 487 g/mol. The number of hydrogen-bond donors (Lipinski definition) is 0. The SMILES string of the molecule is Cc1cccc(N2CCN(C(=O)C3CCN(c4ncnc5c4nc4n5CCCCC4)CC3)C[C@H]2C)c1. The highest BCUT2D eigenvalue weighted by Crippen LogP contribution is 2.30. The van der Waals surface area contributed by atoms with Crippen molar-refractivity contribution in [2.75, 3.05) is 42.5 Å². The third-order valence-corrected chi connectivity index (χ3v) is 8.29. The molecule has 0 saturated carbocycles. The highest BCUT2D eigenvalue weighted by Gasteiger charge is 2.34. The van der Waals surface area contributed by atoms with Crippen LogP contribution in [0.3, 0.4) is 0 Å². The van der Waals surface area contributed by atoms with E-state index in [4.69, 9.17) is 4.98 Å². The van der Waals surface area contributed by atoms with Gasteiger partial charge in [0.15, 0.2) is 17.0 Å². The summed E-state index contributed by atoms with van der Waals surface area (Å²) in [6.07, 6.45) is 8.06. The van der Waals surface area contributed by atoms with Gasteiger partial charge in [-0.25, -0.2) is 15.0 Å². The fraction of sp³-hybridized carbons (Fsp3) is 0.571. The molecule has 8 nitrogen and oxygen atoms in total. The molecule has 0 aliphatic carbocycles. The van der Waals surface area contributed by atoms with E-state index in [-0.39, 0.29) is 5.92 Å². The zero-order valence-electron chi connectivity index (χ0n) is 21.6. The minimum absolute atomic E-state index is 0.0926. The van der Waals surface area contributed by atoms with Crippen molar-refractivity contribution in [3.63, 3.8) is 0 Å². The van der Waals surface area contributed by atoms with Crippen molar-refractivity contribution in [2.24, 2.45) is 5.92 Å². The lowest BCUT2D eigenvalue weighted by molar-refractivity contribution is -0.137. The number of carbonyl (C=O) groups excluding carboxylic acids is 1. The summed E-state index contributed by atoms with van der Waals surface area (Å²) in [4.78, 5) is 34.5. The van der Waals surface area contributed by atoms with Crippen LogP contribution in [-0.4, -0.2) is 69.1 Å². The summed E-state index contributed by atoms with van der Waals surface area (Å²) >= 11 is 0. The normalized spacial score (nSPS) is 21.5. The molecule has 0 bridgehead atoms. The van der Waals surface area contributed by atoms with Crippen molar-refractivity contribution < 1.29 is 4.79 Å². The topological polar surface area (TPSA) is 70.4 Å². The highest BCUT2D eigenvalue weighted by atomic mass is 16.2. The Morgan fingerprint density at radius 2 is 1.86 bits per heavy atom. The Labute approximate surface area is 213 Å². The second-order valence-electron chi connectivity index (χ2n) is 10.8. The van der Waals surface area contributed by atoms with Crippen LogP contribution in [0.4, 0.5) is 11.5 Å². The maximum absolute atomic E-state index is 13.5. The van der Waals surface area contributed by atoms with Gasteiger partial charge in [-0.2, -0.15) is 0 Å². The van der Waals surface area contributed by atoms with Gasteiger partial charge in [0, 0.05) is 63.3 Å². The molecule has 3 aliphatic rings. The lowest BCUT2D eigenvalue weighted by Crippen LogP contribution is -2.55. The van der Waals surface area contributed by atoms with Crippen LogP contribution >= 0.6 is 0 Å². The van der Waals surface area contributed by atoms with E-state index in [2.05, 4.69) is 67.3 Å². The molecule has 6 rings (SSSR count). The molecule has 1 atom stereocenters. The zero-order chi connectivity index (χ0) is 24.6. The largest absolute Gasteiger partial charge is 0.365 e. The van der Waals surface area contributed by atoms with Gasteiger partial charge in [0.25, 0.3) is 0 Å². The molecule has 36 heavy (non-hydrogen) atoms. The first kappa shape index (κ1) is 23.3. The predicted molar refractivity (Wildman–Crippen MR) is 142 cm³/mol. The minimum Gasteiger partial charge on any atom is -0.365 e. The van der Waals surface area contributed by atoms with Crippen molar-refractivity contribution in [3.05, 3.63) is 42.0 Å². The van der Waals surface area contributed by atoms with Crippen LogP contribution in [0.1, 0.15) is 50.4 Å². The Kier molecular flexibility index (Phi) is 6.27. The number of benzene rings is 1. The summed E-state index contributed by atoms with van der Waals surface area (Å²) in [5.41, 5.74) is 4.43. The smallest absolute Gasteiger partial charge is 0.225 e. The molecule has 8 heteroatoms. The summed E-state index contributed by atoms with van der Waals surface area (Å²) in [6, 6.07) is 8.99. The molecule has 0 spiro atoms. The Morgan fingerprint density at radius 1 is 1.00 bits per heavy atom. The van der Waals surface area contributed by atoms with Gasteiger partial charge < -0.3 is 19.3 Å². The average molecular weight is 488 g/mol. The summed E-state index contributed by atoms with van der Waals surface area (Å²) in [7, 11) is 0. The fourth-order valence-corrected chi connectivity index (χ4v) is 6.30. The number of fused-ring (bicyclic) bond motifs is 3. The number of hydrogen-bond acceptors (Lipinski definition) is 6. The first-order chi connectivity index (χ1) is 17.6. The molecule has 2 saturated heterocycles. The number of amides is 1. The third kappa shape index (κ3) is 4.31. The Bertz CT molecular complexity index is 1250. The average Bonchev–Trinajstić information content (AvgIpc) is 3.09. The molecule has 2 aromatic heterocycles. The van der Waals surface area contributed by atoms with Gasteiger partial charge in [0.1, 0.15) is 12.2 Å². The number of piperazine rings is 1. The van der Waals surface area contributed by atoms with Crippen molar-refractivity contribution in [1.29, 1.82) is 0 Å². The highest BCUT2D eigenvalue weighted by molar-refractivity contribution is 5.84. The lowest BCUT2D eigenvalue weighted by atomic mass is 9.94. The molecule has 1 amide bonds. The van der Waals surface area contributed by atoms with Crippen molar-refractivity contribution in [2.45, 2.75) is 65.0 Å². The first-order valence-corrected chi connectivity index (χ1v) is 13.7. The predicted octanol–water partition coefficient (Wildman–Crippen LogP) is 3.81. The Balaban J connectivity index is 1.10. The summed E-state index contributed by atoms with van der Waals surface area (Å²) < 4.78 is 2.29. The molecular formula is C28H37N7O. The number of aryl methyl sites for hydroxylation is 3. The van der Waals surface area contributed by atoms with Crippen molar-refractivity contribution >= 4 is 28.6 Å². The van der Waals surface area contributed by atoms with Gasteiger partial charge in [-0.05, 0) is 57.2 Å². The van der Waals surface area contributed by atoms with E-state index < -0.39 is 0 Å². The number of anilines is 2. The molecular weight excluding hydrogens is 450 g/mol. The van der Waals surface area contributed by atoms with E-state index in [0.717, 1.165) is 81.3 Å². The van der Waals surface area contributed by atoms with Crippen LogP contribution < -0.4 is 9.80 Å². The fourth-order valence-electron chi connectivity index (χ4n) is 6.30. The van der Waals surface area contributed by atoms with Crippen molar-refractivity contribution in [1.82, 2.24) is 24.4 Å². The van der Waals surface area contributed by atoms with E-state index in [1.165, 1.54) is 30.5 Å². The van der Waals surface area contributed by atoms with Gasteiger partial charge in [-0.1, -0.05) is 18.6 Å². The Morgan fingerprint density at radius 3 is 2.67 bits per heavy atom. The molecule has 0 N–H and O–H groups in total. The lowest BCUT2D eigenvalue weighted by Gasteiger charge is -2.43. The van der Waals surface area contributed by atoms with Crippen LogP contribution in [-0.2, 0) is 17.8 Å². The number of aromatic nitrogens is 4. The quantitative estimate of drug-likeness (QED) is 0.560. The number of carbonyl (C=O) groups is 1. The zero-order valence-corrected chi connectivity index (χ0v) is 21.6.